The summed E-state index contributed by atoms with van der Waals surface area (Å²) >= 11 is 0. The van der Waals surface area contributed by atoms with Gasteiger partial charge in [-0.15, -0.1) is 5.10 Å². The summed E-state index contributed by atoms with van der Waals surface area (Å²) in [5.74, 6) is 0. The van der Waals surface area contributed by atoms with Crippen molar-refractivity contribution in [2.75, 3.05) is 19.7 Å². The van der Waals surface area contributed by atoms with E-state index in [1.54, 1.807) is 0 Å². The molecule has 6 nitrogen and oxygen atoms in total. The predicted molar refractivity (Wildman–Crippen MR) is 111 cm³/mol. The Labute approximate surface area is 169 Å². The molecule has 0 aliphatic carbocycles. The summed E-state index contributed by atoms with van der Waals surface area (Å²) in [6.45, 7) is 5.20. The van der Waals surface area contributed by atoms with Crippen LogP contribution in [0.4, 0.5) is 0 Å². The number of aryl methyl sites for hydroxylation is 1. The zero-order valence-electron chi connectivity index (χ0n) is 16.4. The second-order valence-electron chi connectivity index (χ2n) is 7.45. The van der Waals surface area contributed by atoms with Gasteiger partial charge in [-0.3, -0.25) is 9.88 Å². The Bertz CT molecular complexity index is 1120. The maximum atomic E-state index is 6.06. The van der Waals surface area contributed by atoms with E-state index in [9.17, 15) is 0 Å². The first-order valence-electron chi connectivity index (χ1n) is 9.93. The van der Waals surface area contributed by atoms with E-state index < -0.39 is 0 Å². The molecule has 5 rings (SSSR count). The Morgan fingerprint density at radius 3 is 2.76 bits per heavy atom. The number of nitrogens with zero attached hydrogens (tertiary/aromatic N) is 5. The molecule has 0 amide bonds. The van der Waals surface area contributed by atoms with Crippen molar-refractivity contribution in [1.82, 2.24) is 24.7 Å². The van der Waals surface area contributed by atoms with Crippen molar-refractivity contribution in [2.45, 2.75) is 19.6 Å². The molecule has 4 heterocycles. The molecule has 1 aliphatic rings. The van der Waals surface area contributed by atoms with Crippen LogP contribution in [0, 0.1) is 6.92 Å². The smallest absolute Gasteiger partial charge is 0.121 e. The van der Waals surface area contributed by atoms with Crippen LogP contribution in [0.15, 0.2) is 66.9 Å². The molecule has 0 saturated carbocycles. The first-order chi connectivity index (χ1) is 14.3. The van der Waals surface area contributed by atoms with Gasteiger partial charge in [0.2, 0.25) is 0 Å². The highest BCUT2D eigenvalue weighted by Crippen LogP contribution is 2.27. The van der Waals surface area contributed by atoms with Gasteiger partial charge in [0.25, 0.3) is 0 Å². The summed E-state index contributed by atoms with van der Waals surface area (Å²) in [5, 5.41) is 8.81. The van der Waals surface area contributed by atoms with Crippen molar-refractivity contribution < 1.29 is 4.74 Å². The molecule has 0 unspecified atom stereocenters. The van der Waals surface area contributed by atoms with E-state index in [0.717, 1.165) is 53.4 Å². The maximum Gasteiger partial charge on any atom is 0.121 e. The third kappa shape index (κ3) is 3.77. The van der Waals surface area contributed by atoms with E-state index in [2.05, 4.69) is 56.6 Å². The molecular formula is C23H23N5O. The van der Waals surface area contributed by atoms with E-state index in [1.165, 1.54) is 0 Å². The van der Waals surface area contributed by atoms with Gasteiger partial charge in [-0.1, -0.05) is 47.7 Å². The molecule has 1 aromatic carbocycles. The zero-order valence-corrected chi connectivity index (χ0v) is 16.4. The predicted octanol–water partition coefficient (Wildman–Crippen LogP) is 3.67. The van der Waals surface area contributed by atoms with Crippen molar-refractivity contribution in [1.29, 1.82) is 0 Å². The number of aromatic nitrogens is 4. The quantitative estimate of drug-likeness (QED) is 0.536. The van der Waals surface area contributed by atoms with Crippen molar-refractivity contribution >= 4 is 5.52 Å². The fraction of sp³-hybridized carbons (Fsp3) is 0.261. The molecular weight excluding hydrogens is 362 g/mol. The lowest BCUT2D eigenvalue weighted by molar-refractivity contribution is -0.0346. The van der Waals surface area contributed by atoms with Crippen LogP contribution in [0.5, 0.6) is 0 Å². The fourth-order valence-corrected chi connectivity index (χ4v) is 3.87. The fourth-order valence-electron chi connectivity index (χ4n) is 3.87. The average molecular weight is 385 g/mol. The van der Waals surface area contributed by atoms with E-state index in [-0.39, 0.29) is 6.10 Å². The number of benzene rings is 1. The lowest BCUT2D eigenvalue weighted by Crippen LogP contribution is -2.38. The van der Waals surface area contributed by atoms with Crippen LogP contribution in [0.3, 0.4) is 0 Å². The number of fused-ring (bicyclic) bond motifs is 1. The third-order valence-electron chi connectivity index (χ3n) is 5.33. The van der Waals surface area contributed by atoms with Crippen LogP contribution in [-0.2, 0) is 11.3 Å². The van der Waals surface area contributed by atoms with Gasteiger partial charge in [0.15, 0.2) is 0 Å². The van der Waals surface area contributed by atoms with E-state index >= 15 is 0 Å². The van der Waals surface area contributed by atoms with Gasteiger partial charge >= 0.3 is 0 Å². The summed E-state index contributed by atoms with van der Waals surface area (Å²) in [5.41, 5.74) is 6.30. The van der Waals surface area contributed by atoms with Gasteiger partial charge in [-0.25, -0.2) is 4.52 Å². The van der Waals surface area contributed by atoms with Gasteiger partial charge in [0.1, 0.15) is 11.8 Å². The van der Waals surface area contributed by atoms with E-state index in [0.29, 0.717) is 6.61 Å². The number of pyridine rings is 2. The van der Waals surface area contributed by atoms with Gasteiger partial charge in [0, 0.05) is 37.1 Å². The van der Waals surface area contributed by atoms with Crippen molar-refractivity contribution in [3.63, 3.8) is 0 Å². The summed E-state index contributed by atoms with van der Waals surface area (Å²) < 4.78 is 7.91. The summed E-state index contributed by atoms with van der Waals surface area (Å²) in [7, 11) is 0. The highest BCUT2D eigenvalue weighted by molar-refractivity contribution is 5.66. The SMILES string of the molecule is Cc1cccc(CN2CCO[C@@H](c3nnn4cc(-c5ccccc5)ccc34)C2)n1. The van der Waals surface area contributed by atoms with Crippen molar-refractivity contribution in [2.24, 2.45) is 0 Å². The molecule has 0 bridgehead atoms. The average Bonchev–Trinajstić information content (AvgIpc) is 3.18. The van der Waals surface area contributed by atoms with Crippen LogP contribution < -0.4 is 0 Å². The molecule has 0 N–H and O–H groups in total. The topological polar surface area (TPSA) is 55.5 Å². The Morgan fingerprint density at radius 2 is 1.90 bits per heavy atom. The first kappa shape index (κ1) is 18.0. The zero-order chi connectivity index (χ0) is 19.6. The summed E-state index contributed by atoms with van der Waals surface area (Å²) in [6.07, 6.45) is 1.94. The van der Waals surface area contributed by atoms with Gasteiger partial charge < -0.3 is 4.74 Å². The molecule has 1 saturated heterocycles. The Hall–Kier alpha value is -3.09. The molecule has 0 radical (unpaired) electrons. The molecule has 4 aromatic rings. The first-order valence-corrected chi connectivity index (χ1v) is 9.93. The Morgan fingerprint density at radius 1 is 1.00 bits per heavy atom. The lowest BCUT2D eigenvalue weighted by Gasteiger charge is -2.31. The van der Waals surface area contributed by atoms with Gasteiger partial charge in [0.05, 0.1) is 17.8 Å². The Balaban J connectivity index is 1.37. The van der Waals surface area contributed by atoms with Gasteiger partial charge in [-0.2, -0.15) is 0 Å². The minimum absolute atomic E-state index is 0.0892. The molecule has 29 heavy (non-hydrogen) atoms. The second-order valence-corrected chi connectivity index (χ2v) is 7.45. The minimum Gasteiger partial charge on any atom is -0.369 e. The van der Waals surface area contributed by atoms with E-state index in [1.807, 2.05) is 41.9 Å². The van der Waals surface area contributed by atoms with Crippen LogP contribution >= 0.6 is 0 Å². The number of rotatable bonds is 4. The largest absolute Gasteiger partial charge is 0.369 e. The molecule has 6 heteroatoms. The van der Waals surface area contributed by atoms with E-state index in [4.69, 9.17) is 4.74 Å². The van der Waals surface area contributed by atoms with Crippen LogP contribution in [0.1, 0.15) is 23.2 Å². The standard InChI is InChI=1S/C23H23N5O/c1-17-6-5-9-20(24-17)15-27-12-13-29-22(16-27)23-21-11-10-19(14-28(21)26-25-23)18-7-3-2-4-8-18/h2-11,14,22H,12-13,15-16H2,1H3/t22-/m1/s1. The van der Waals surface area contributed by atoms with Crippen molar-refractivity contribution in [3.05, 3.63) is 83.9 Å². The number of hydrogen-bond acceptors (Lipinski definition) is 5. The minimum atomic E-state index is -0.0892. The second kappa shape index (κ2) is 7.73. The number of ether oxygens (including phenoxy) is 1. The third-order valence-corrected chi connectivity index (χ3v) is 5.33. The molecule has 1 aliphatic heterocycles. The summed E-state index contributed by atoms with van der Waals surface area (Å²) in [6, 6.07) is 20.7. The maximum absolute atomic E-state index is 6.06. The molecule has 1 atom stereocenters. The Kier molecular flexibility index (Phi) is 4.79. The van der Waals surface area contributed by atoms with Crippen LogP contribution in [0.2, 0.25) is 0 Å². The van der Waals surface area contributed by atoms with Crippen molar-refractivity contribution in [3.8, 4) is 11.1 Å². The normalized spacial score (nSPS) is 17.6. The molecule has 0 spiro atoms. The van der Waals surface area contributed by atoms with Crippen LogP contribution in [0.25, 0.3) is 16.6 Å². The highest BCUT2D eigenvalue weighted by atomic mass is 16.5. The number of hydrogen-bond donors (Lipinski definition) is 0. The van der Waals surface area contributed by atoms with Crippen LogP contribution in [-0.4, -0.2) is 44.4 Å². The molecule has 146 valence electrons. The monoisotopic (exact) mass is 385 g/mol. The molecule has 3 aromatic heterocycles. The lowest BCUT2D eigenvalue weighted by atomic mass is 10.1. The summed E-state index contributed by atoms with van der Waals surface area (Å²) in [4.78, 5) is 7.00. The highest BCUT2D eigenvalue weighted by Gasteiger charge is 2.26. The number of morpholine rings is 1. The molecule has 1 fully saturated rings. The van der Waals surface area contributed by atoms with Gasteiger partial charge in [-0.05, 0) is 30.7 Å².